The number of aliphatic carboxylic acids is 1. The molecule has 0 saturated carbocycles. The lowest BCUT2D eigenvalue weighted by Crippen LogP contribution is -2.02. The van der Waals surface area contributed by atoms with Crippen LogP contribution < -0.4 is 9.47 Å². The van der Waals surface area contributed by atoms with Gasteiger partial charge in [0.1, 0.15) is 17.3 Å². The summed E-state index contributed by atoms with van der Waals surface area (Å²) in [6, 6.07) is 16.8. The minimum absolute atomic E-state index is 0.00883. The third-order valence-electron chi connectivity index (χ3n) is 4.87. The van der Waals surface area contributed by atoms with E-state index in [2.05, 4.69) is 37.8 Å². The third-order valence-corrected chi connectivity index (χ3v) is 6.80. The smallest absolute Gasteiger partial charge is 0.342 e. The topological polar surface area (TPSA) is 97.3 Å². The van der Waals surface area contributed by atoms with Crippen LogP contribution in [0.4, 0.5) is 4.39 Å². The Morgan fingerprint density at radius 1 is 1.22 bits per heavy atom. The fourth-order valence-corrected chi connectivity index (χ4v) is 4.76. The number of halogens is 3. The van der Waals surface area contributed by atoms with E-state index in [-0.39, 0.29) is 22.5 Å². The first-order valence-electron chi connectivity index (χ1n) is 10.4. The fourth-order valence-electron chi connectivity index (χ4n) is 3.14. The second kappa shape index (κ2) is 11.8. The molecule has 0 atom stereocenters. The number of hydrogen-bond donors (Lipinski definition) is 2. The molecule has 0 spiro atoms. The van der Waals surface area contributed by atoms with Gasteiger partial charge in [-0.3, -0.25) is 5.10 Å². The number of aromatic nitrogens is 3. The van der Waals surface area contributed by atoms with E-state index in [1.54, 1.807) is 54.6 Å². The molecule has 4 aromatic rings. The normalized spacial score (nSPS) is 11.4. The molecular formula is C25H18ClFIN3O4S. The summed E-state index contributed by atoms with van der Waals surface area (Å²) in [6.07, 6.45) is 1.50. The van der Waals surface area contributed by atoms with Gasteiger partial charge in [0.15, 0.2) is 17.3 Å². The van der Waals surface area contributed by atoms with Crippen molar-refractivity contribution in [3.63, 3.8) is 0 Å². The van der Waals surface area contributed by atoms with Crippen LogP contribution in [0.15, 0.2) is 70.7 Å². The van der Waals surface area contributed by atoms with Crippen LogP contribution >= 0.6 is 46.0 Å². The van der Waals surface area contributed by atoms with E-state index in [0.717, 1.165) is 17.3 Å². The van der Waals surface area contributed by atoms with Crippen LogP contribution in [0.2, 0.25) is 5.02 Å². The van der Waals surface area contributed by atoms with E-state index in [1.165, 1.54) is 19.3 Å². The first-order chi connectivity index (χ1) is 17.3. The number of ether oxygens (including phenoxy) is 2. The number of carboxylic acid groups (broad SMARTS) is 1. The predicted molar refractivity (Wildman–Crippen MR) is 145 cm³/mol. The Bertz CT molecular complexity index is 1430. The van der Waals surface area contributed by atoms with Crippen molar-refractivity contribution in [3.8, 4) is 22.9 Å². The molecule has 0 unspecified atom stereocenters. The maximum atomic E-state index is 14.0. The van der Waals surface area contributed by atoms with Crippen LogP contribution in [0.3, 0.4) is 0 Å². The lowest BCUT2D eigenvalue weighted by Gasteiger charge is -2.14. The van der Waals surface area contributed by atoms with Crippen LogP contribution in [-0.4, -0.2) is 33.4 Å². The maximum absolute atomic E-state index is 14.0. The molecule has 4 rings (SSSR count). The summed E-state index contributed by atoms with van der Waals surface area (Å²) >= 11 is 8.90. The standard InChI is InChI=1S/C25H18ClFIN3O4S/c1-34-20-11-14(10-19(28)22(20)35-13-16-4-2-3-5-18(16)27)12-21(24(32)33)36-25-29-23(30-31-25)15-6-8-17(26)9-7-15/h2-12H,13H2,1H3,(H,32,33)(H,29,30,31)/b21-12-. The highest BCUT2D eigenvalue weighted by atomic mass is 127. The Balaban J connectivity index is 1.56. The molecule has 3 aromatic carbocycles. The van der Waals surface area contributed by atoms with Gasteiger partial charge >= 0.3 is 5.97 Å². The van der Waals surface area contributed by atoms with Crippen LogP contribution in [0, 0.1) is 9.39 Å². The van der Waals surface area contributed by atoms with Gasteiger partial charge in [0.2, 0.25) is 5.16 Å². The zero-order chi connectivity index (χ0) is 25.7. The SMILES string of the molecule is COc1cc(/C=C(\Sc2n[nH]c(-c3ccc(Cl)cc3)n2)C(=O)O)cc(I)c1OCc1ccccc1F. The first-order valence-corrected chi connectivity index (χ1v) is 12.7. The van der Waals surface area contributed by atoms with Gasteiger partial charge in [-0.2, -0.15) is 0 Å². The van der Waals surface area contributed by atoms with E-state index in [0.29, 0.717) is 37.0 Å². The molecule has 11 heteroatoms. The molecule has 7 nitrogen and oxygen atoms in total. The van der Waals surface area contributed by atoms with Crippen molar-refractivity contribution in [1.29, 1.82) is 0 Å². The predicted octanol–water partition coefficient (Wildman–Crippen LogP) is 6.67. The molecule has 1 heterocycles. The number of aromatic amines is 1. The first kappa shape index (κ1) is 26.0. The molecule has 0 fully saturated rings. The van der Waals surface area contributed by atoms with Crippen LogP contribution in [0.1, 0.15) is 11.1 Å². The Morgan fingerprint density at radius 3 is 2.67 bits per heavy atom. The monoisotopic (exact) mass is 637 g/mol. The molecule has 0 saturated heterocycles. The third kappa shape index (κ3) is 6.37. The number of nitrogens with one attached hydrogen (secondary N) is 1. The molecule has 0 aliphatic heterocycles. The molecular weight excluding hydrogens is 620 g/mol. The number of methoxy groups -OCH3 is 1. The second-order valence-corrected chi connectivity index (χ2v) is 9.91. The minimum Gasteiger partial charge on any atom is -0.493 e. The van der Waals surface area contributed by atoms with Crippen molar-refractivity contribution in [2.24, 2.45) is 0 Å². The molecule has 0 aliphatic rings. The highest BCUT2D eigenvalue weighted by molar-refractivity contribution is 14.1. The molecule has 2 N–H and O–H groups in total. The summed E-state index contributed by atoms with van der Waals surface area (Å²) in [7, 11) is 1.48. The Labute approximate surface area is 228 Å². The summed E-state index contributed by atoms with van der Waals surface area (Å²) < 4.78 is 25.9. The lowest BCUT2D eigenvalue weighted by atomic mass is 10.2. The van der Waals surface area contributed by atoms with E-state index >= 15 is 0 Å². The van der Waals surface area contributed by atoms with Crippen molar-refractivity contribution in [3.05, 3.63) is 91.1 Å². The van der Waals surface area contributed by atoms with Gasteiger partial charge in [0.05, 0.1) is 10.7 Å². The quantitative estimate of drug-likeness (QED) is 0.120. The van der Waals surface area contributed by atoms with Crippen molar-refractivity contribution in [2.45, 2.75) is 11.8 Å². The average molecular weight is 638 g/mol. The van der Waals surface area contributed by atoms with E-state index < -0.39 is 5.97 Å². The Kier molecular flexibility index (Phi) is 8.49. The number of thioether (sulfide) groups is 1. The van der Waals surface area contributed by atoms with Gasteiger partial charge < -0.3 is 14.6 Å². The van der Waals surface area contributed by atoms with Crippen molar-refractivity contribution in [2.75, 3.05) is 7.11 Å². The zero-order valence-electron chi connectivity index (χ0n) is 18.7. The van der Waals surface area contributed by atoms with Gasteiger partial charge in [-0.1, -0.05) is 29.8 Å². The van der Waals surface area contributed by atoms with Gasteiger partial charge in [-0.15, -0.1) is 5.10 Å². The molecule has 0 bridgehead atoms. The molecule has 184 valence electrons. The van der Waals surface area contributed by atoms with E-state index in [9.17, 15) is 14.3 Å². The number of nitrogens with zero attached hydrogens (tertiary/aromatic N) is 2. The second-order valence-electron chi connectivity index (χ2n) is 7.30. The molecule has 1 aromatic heterocycles. The minimum atomic E-state index is -1.13. The summed E-state index contributed by atoms with van der Waals surface area (Å²) in [5.74, 6) is -0.176. The maximum Gasteiger partial charge on any atom is 0.342 e. The van der Waals surface area contributed by atoms with Gasteiger partial charge in [-0.25, -0.2) is 14.2 Å². The number of carbonyl (C=O) groups is 1. The number of H-pyrrole nitrogens is 1. The number of carboxylic acids is 1. The molecule has 36 heavy (non-hydrogen) atoms. The molecule has 0 amide bonds. The molecule has 0 radical (unpaired) electrons. The molecule has 0 aliphatic carbocycles. The summed E-state index contributed by atoms with van der Waals surface area (Å²) in [6.45, 7) is 0.0191. The van der Waals surface area contributed by atoms with Gasteiger partial charge in [-0.05, 0) is 88.5 Å². The Hall–Kier alpha value is -3.09. The number of hydrogen-bond acceptors (Lipinski definition) is 6. The van der Waals surface area contributed by atoms with Crippen LogP contribution in [-0.2, 0) is 11.4 Å². The van der Waals surface area contributed by atoms with Crippen molar-refractivity contribution >= 4 is 58.0 Å². The summed E-state index contributed by atoms with van der Waals surface area (Å²) in [5.41, 5.74) is 1.76. The van der Waals surface area contributed by atoms with Gasteiger partial charge in [0.25, 0.3) is 0 Å². The lowest BCUT2D eigenvalue weighted by molar-refractivity contribution is -0.131. The van der Waals surface area contributed by atoms with E-state index in [4.69, 9.17) is 21.1 Å². The van der Waals surface area contributed by atoms with Crippen molar-refractivity contribution in [1.82, 2.24) is 15.2 Å². The van der Waals surface area contributed by atoms with E-state index in [1.807, 2.05) is 0 Å². The average Bonchev–Trinajstić information content (AvgIpc) is 3.32. The Morgan fingerprint density at radius 2 is 1.97 bits per heavy atom. The largest absolute Gasteiger partial charge is 0.493 e. The van der Waals surface area contributed by atoms with Crippen molar-refractivity contribution < 1.29 is 23.8 Å². The highest BCUT2D eigenvalue weighted by Gasteiger charge is 2.17. The zero-order valence-corrected chi connectivity index (χ0v) is 22.4. The number of benzene rings is 3. The summed E-state index contributed by atoms with van der Waals surface area (Å²) in [5, 5.41) is 17.5. The van der Waals surface area contributed by atoms with Gasteiger partial charge in [0, 0.05) is 16.1 Å². The van der Waals surface area contributed by atoms with Crippen LogP contribution in [0.25, 0.3) is 17.5 Å². The highest BCUT2D eigenvalue weighted by Crippen LogP contribution is 2.36. The number of rotatable bonds is 9. The van der Waals surface area contributed by atoms with Crippen LogP contribution in [0.5, 0.6) is 11.5 Å². The summed E-state index contributed by atoms with van der Waals surface area (Å²) in [4.78, 5) is 16.3. The fraction of sp³-hybridized carbons (Fsp3) is 0.0800.